The molecule has 1 saturated carbocycles. The molecule has 21 heavy (non-hydrogen) atoms. The van der Waals surface area contributed by atoms with Crippen molar-refractivity contribution >= 4 is 11.6 Å². The normalized spacial score (nSPS) is 22.0. The van der Waals surface area contributed by atoms with Crippen molar-refractivity contribution in [3.63, 3.8) is 0 Å². The van der Waals surface area contributed by atoms with Crippen molar-refractivity contribution in [2.75, 3.05) is 0 Å². The van der Waals surface area contributed by atoms with Crippen LogP contribution in [0.3, 0.4) is 0 Å². The van der Waals surface area contributed by atoms with Crippen LogP contribution in [0.15, 0.2) is 24.3 Å². The van der Waals surface area contributed by atoms with E-state index in [1.54, 1.807) is 0 Å². The number of hydrogen-bond donors (Lipinski definition) is 0. The maximum atomic E-state index is 12.3. The van der Waals surface area contributed by atoms with Crippen LogP contribution in [0.4, 0.5) is 0 Å². The fraction of sp³-hybridized carbons (Fsp3) is 0.579. The van der Waals surface area contributed by atoms with Gasteiger partial charge >= 0.3 is 0 Å². The van der Waals surface area contributed by atoms with Gasteiger partial charge in [-0.05, 0) is 30.7 Å². The Balaban J connectivity index is 1.91. The van der Waals surface area contributed by atoms with Crippen LogP contribution in [0, 0.1) is 11.8 Å². The van der Waals surface area contributed by atoms with Gasteiger partial charge in [-0.1, -0.05) is 51.0 Å². The van der Waals surface area contributed by atoms with Gasteiger partial charge in [-0.25, -0.2) is 0 Å². The molecular weight excluding hydrogens is 260 g/mol. The summed E-state index contributed by atoms with van der Waals surface area (Å²) < 4.78 is 0. The van der Waals surface area contributed by atoms with Crippen LogP contribution in [0.5, 0.6) is 0 Å². The third-order valence-corrected chi connectivity index (χ3v) is 4.60. The van der Waals surface area contributed by atoms with Crippen LogP contribution in [0.25, 0.3) is 0 Å². The molecular formula is C19H26O2. The van der Waals surface area contributed by atoms with E-state index in [-0.39, 0.29) is 11.7 Å². The summed E-state index contributed by atoms with van der Waals surface area (Å²) in [7, 11) is 0. The Morgan fingerprint density at radius 2 is 1.67 bits per heavy atom. The Morgan fingerprint density at radius 3 is 2.24 bits per heavy atom. The predicted octanol–water partition coefficient (Wildman–Crippen LogP) is 4.61. The zero-order chi connectivity index (χ0) is 15.2. The van der Waals surface area contributed by atoms with E-state index in [0.29, 0.717) is 18.6 Å². The van der Waals surface area contributed by atoms with Gasteiger partial charge in [0.2, 0.25) is 0 Å². The van der Waals surface area contributed by atoms with Crippen LogP contribution >= 0.6 is 0 Å². The van der Waals surface area contributed by atoms with Gasteiger partial charge in [-0.2, -0.15) is 0 Å². The molecule has 2 nitrogen and oxygen atoms in total. The van der Waals surface area contributed by atoms with E-state index < -0.39 is 0 Å². The van der Waals surface area contributed by atoms with E-state index in [4.69, 9.17) is 0 Å². The second-order valence-corrected chi connectivity index (χ2v) is 6.47. The van der Waals surface area contributed by atoms with E-state index in [1.807, 2.05) is 31.2 Å². The molecule has 1 aliphatic carbocycles. The lowest BCUT2D eigenvalue weighted by Crippen LogP contribution is -2.22. The fourth-order valence-corrected chi connectivity index (χ4v) is 3.11. The first-order chi connectivity index (χ1) is 10.1. The molecule has 0 radical (unpaired) electrons. The topological polar surface area (TPSA) is 34.1 Å². The molecule has 0 spiro atoms. The molecule has 0 heterocycles. The summed E-state index contributed by atoms with van der Waals surface area (Å²) in [5.74, 6) is 1.59. The number of ketones is 2. The lowest BCUT2D eigenvalue weighted by Gasteiger charge is -2.25. The van der Waals surface area contributed by atoms with Gasteiger partial charge in [0.15, 0.2) is 5.78 Å². The zero-order valence-electron chi connectivity index (χ0n) is 13.2. The van der Waals surface area contributed by atoms with Gasteiger partial charge in [0.25, 0.3) is 0 Å². The largest absolute Gasteiger partial charge is 0.299 e. The standard InChI is InChI=1S/C19H26O2/c1-3-4-18(20)16-11-7-15(8-12-16)13-19(21)17-9-5-14(2)6-10-17/h7-8,11-12,14,17H,3-6,9-10,13H2,1-2H3. The van der Waals surface area contributed by atoms with E-state index in [2.05, 4.69) is 6.92 Å². The summed E-state index contributed by atoms with van der Waals surface area (Å²) in [4.78, 5) is 24.1. The SMILES string of the molecule is CCCC(=O)c1ccc(CC(=O)C2CCC(C)CC2)cc1. The molecule has 1 aliphatic rings. The molecule has 0 bridgehead atoms. The van der Waals surface area contributed by atoms with Crippen molar-refractivity contribution in [3.05, 3.63) is 35.4 Å². The number of rotatable bonds is 6. The summed E-state index contributed by atoms with van der Waals surface area (Å²) >= 11 is 0. The number of carbonyl (C=O) groups is 2. The summed E-state index contributed by atoms with van der Waals surface area (Å²) in [6.07, 6.45) is 6.45. The average molecular weight is 286 g/mol. The Hall–Kier alpha value is -1.44. The first-order valence-corrected chi connectivity index (χ1v) is 8.25. The predicted molar refractivity (Wildman–Crippen MR) is 85.5 cm³/mol. The molecule has 0 aliphatic heterocycles. The Morgan fingerprint density at radius 1 is 1.05 bits per heavy atom. The minimum absolute atomic E-state index is 0.191. The van der Waals surface area contributed by atoms with Gasteiger partial charge in [0, 0.05) is 24.3 Å². The smallest absolute Gasteiger partial charge is 0.162 e. The van der Waals surface area contributed by atoms with Crippen molar-refractivity contribution in [2.24, 2.45) is 11.8 Å². The minimum Gasteiger partial charge on any atom is -0.299 e. The Kier molecular flexibility index (Phi) is 5.72. The van der Waals surface area contributed by atoms with Crippen molar-refractivity contribution in [3.8, 4) is 0 Å². The van der Waals surface area contributed by atoms with Gasteiger partial charge < -0.3 is 0 Å². The third-order valence-electron chi connectivity index (χ3n) is 4.60. The Labute approximate surface area is 127 Å². The highest BCUT2D eigenvalue weighted by molar-refractivity contribution is 5.96. The van der Waals surface area contributed by atoms with Gasteiger partial charge in [-0.15, -0.1) is 0 Å². The first-order valence-electron chi connectivity index (χ1n) is 8.25. The number of carbonyl (C=O) groups excluding carboxylic acids is 2. The van der Waals surface area contributed by atoms with Crippen LogP contribution in [-0.4, -0.2) is 11.6 Å². The van der Waals surface area contributed by atoms with Crippen LogP contribution < -0.4 is 0 Å². The van der Waals surface area contributed by atoms with Crippen molar-refractivity contribution in [1.29, 1.82) is 0 Å². The molecule has 0 saturated heterocycles. The fourth-order valence-electron chi connectivity index (χ4n) is 3.11. The highest BCUT2D eigenvalue weighted by atomic mass is 16.1. The molecule has 1 fully saturated rings. The van der Waals surface area contributed by atoms with Crippen molar-refractivity contribution in [1.82, 2.24) is 0 Å². The summed E-state index contributed by atoms with van der Waals surface area (Å²) in [5, 5.41) is 0. The summed E-state index contributed by atoms with van der Waals surface area (Å²) in [6.45, 7) is 4.28. The maximum absolute atomic E-state index is 12.3. The van der Waals surface area contributed by atoms with E-state index in [0.717, 1.165) is 36.3 Å². The monoisotopic (exact) mass is 286 g/mol. The van der Waals surface area contributed by atoms with Crippen LogP contribution in [0.2, 0.25) is 0 Å². The van der Waals surface area contributed by atoms with Crippen LogP contribution in [-0.2, 0) is 11.2 Å². The quantitative estimate of drug-likeness (QED) is 0.716. The zero-order valence-corrected chi connectivity index (χ0v) is 13.2. The van der Waals surface area contributed by atoms with Crippen molar-refractivity contribution < 1.29 is 9.59 Å². The van der Waals surface area contributed by atoms with Crippen LogP contribution in [0.1, 0.15) is 68.3 Å². The molecule has 114 valence electrons. The van der Waals surface area contributed by atoms with Gasteiger partial charge in [0.1, 0.15) is 5.78 Å². The highest BCUT2D eigenvalue weighted by Gasteiger charge is 2.24. The molecule has 0 aromatic heterocycles. The third kappa shape index (κ3) is 4.52. The number of Topliss-reactive ketones (excluding diaryl/α,β-unsaturated/α-hetero) is 2. The Bertz CT molecular complexity index is 479. The molecule has 0 atom stereocenters. The average Bonchev–Trinajstić information content (AvgIpc) is 2.49. The molecule has 1 aromatic rings. The maximum Gasteiger partial charge on any atom is 0.162 e. The summed E-state index contributed by atoms with van der Waals surface area (Å²) in [6, 6.07) is 7.60. The first kappa shape index (κ1) is 15.9. The lowest BCUT2D eigenvalue weighted by molar-refractivity contribution is -0.123. The second-order valence-electron chi connectivity index (χ2n) is 6.47. The molecule has 0 N–H and O–H groups in total. The van der Waals surface area contributed by atoms with Gasteiger partial charge in [-0.3, -0.25) is 9.59 Å². The van der Waals surface area contributed by atoms with Crippen molar-refractivity contribution in [2.45, 2.75) is 58.8 Å². The van der Waals surface area contributed by atoms with E-state index in [1.165, 1.54) is 12.8 Å². The highest BCUT2D eigenvalue weighted by Crippen LogP contribution is 2.29. The number of benzene rings is 1. The molecule has 2 rings (SSSR count). The second kappa shape index (κ2) is 7.53. The molecule has 2 heteroatoms. The van der Waals surface area contributed by atoms with E-state index >= 15 is 0 Å². The summed E-state index contributed by atoms with van der Waals surface area (Å²) in [5.41, 5.74) is 1.80. The van der Waals surface area contributed by atoms with Gasteiger partial charge in [0.05, 0.1) is 0 Å². The minimum atomic E-state index is 0.191. The molecule has 1 aromatic carbocycles. The molecule has 0 amide bonds. The number of hydrogen-bond acceptors (Lipinski definition) is 2. The molecule has 0 unspecified atom stereocenters. The lowest BCUT2D eigenvalue weighted by atomic mass is 9.79. The van der Waals surface area contributed by atoms with E-state index in [9.17, 15) is 9.59 Å².